The predicted octanol–water partition coefficient (Wildman–Crippen LogP) is 5.28. The minimum atomic E-state index is 0.0332. The number of hydrogen-bond donors (Lipinski definition) is 0. The van der Waals surface area contributed by atoms with Crippen LogP contribution in [0.2, 0.25) is 0 Å². The highest BCUT2D eigenvalue weighted by Crippen LogP contribution is 2.26. The van der Waals surface area contributed by atoms with E-state index in [1.54, 1.807) is 0 Å². The van der Waals surface area contributed by atoms with Gasteiger partial charge < -0.3 is 0 Å². The van der Waals surface area contributed by atoms with Crippen LogP contribution in [0.4, 0.5) is 0 Å². The fourth-order valence-corrected chi connectivity index (χ4v) is 2.31. The van der Waals surface area contributed by atoms with Gasteiger partial charge in [0.1, 0.15) is 0 Å². The molecule has 17 heavy (non-hydrogen) atoms. The molecule has 2 aromatic rings. The van der Waals surface area contributed by atoms with Gasteiger partial charge in [-0.2, -0.15) is 0 Å². The van der Waals surface area contributed by atoms with E-state index in [0.29, 0.717) is 0 Å². The fraction of sp³-hybridized carbons (Fsp3) is 0.200. The highest BCUT2D eigenvalue weighted by molar-refractivity contribution is 9.10. The van der Waals surface area contributed by atoms with Crippen molar-refractivity contribution < 1.29 is 0 Å². The molecule has 0 bridgehead atoms. The van der Waals surface area contributed by atoms with Gasteiger partial charge in [0.2, 0.25) is 0 Å². The maximum atomic E-state index is 6.42. The van der Waals surface area contributed by atoms with Gasteiger partial charge in [0.25, 0.3) is 0 Å². The molecule has 0 fully saturated rings. The third-order valence-corrected chi connectivity index (χ3v) is 3.70. The molecule has 0 nitrogen and oxygen atoms in total. The lowest BCUT2D eigenvalue weighted by Gasteiger charge is -2.10. The molecule has 0 spiro atoms. The monoisotopic (exact) mass is 308 g/mol. The van der Waals surface area contributed by atoms with Crippen molar-refractivity contribution in [1.82, 2.24) is 0 Å². The number of benzene rings is 2. The van der Waals surface area contributed by atoms with Gasteiger partial charge >= 0.3 is 0 Å². The molecule has 0 aliphatic rings. The molecule has 0 saturated carbocycles. The molecule has 0 radical (unpaired) electrons. The summed E-state index contributed by atoms with van der Waals surface area (Å²) in [5.74, 6) is 0. The molecule has 0 saturated heterocycles. The van der Waals surface area contributed by atoms with Crippen LogP contribution in [-0.2, 0) is 6.42 Å². The van der Waals surface area contributed by atoms with Gasteiger partial charge in [-0.15, -0.1) is 11.6 Å². The van der Waals surface area contributed by atoms with E-state index < -0.39 is 0 Å². The number of alkyl halides is 1. The van der Waals surface area contributed by atoms with E-state index in [2.05, 4.69) is 59.3 Å². The maximum Gasteiger partial charge on any atom is 0.0625 e. The van der Waals surface area contributed by atoms with Crippen molar-refractivity contribution in [2.45, 2.75) is 18.7 Å². The maximum absolute atomic E-state index is 6.42. The van der Waals surface area contributed by atoms with Crippen molar-refractivity contribution in [2.24, 2.45) is 0 Å². The van der Waals surface area contributed by atoms with Crippen LogP contribution in [-0.4, -0.2) is 0 Å². The van der Waals surface area contributed by atoms with Gasteiger partial charge in [0, 0.05) is 4.47 Å². The summed E-state index contributed by atoms with van der Waals surface area (Å²) in [5.41, 5.74) is 3.72. The van der Waals surface area contributed by atoms with Crippen molar-refractivity contribution in [2.75, 3.05) is 0 Å². The summed E-state index contributed by atoms with van der Waals surface area (Å²) in [6.07, 6.45) is 0.865. The lowest BCUT2D eigenvalue weighted by molar-refractivity contribution is 0.919. The standard InChI is InChI=1S/C15H14BrCl/c1-11-2-4-12(5-3-11)10-15(17)13-6-8-14(16)9-7-13/h2-9,15H,10H2,1H3. The first-order valence-electron chi connectivity index (χ1n) is 5.60. The average Bonchev–Trinajstić information content (AvgIpc) is 2.33. The molecule has 0 amide bonds. The summed E-state index contributed by atoms with van der Waals surface area (Å²) in [4.78, 5) is 0. The van der Waals surface area contributed by atoms with Gasteiger partial charge in [-0.3, -0.25) is 0 Å². The largest absolute Gasteiger partial charge is 0.117 e. The first-order valence-corrected chi connectivity index (χ1v) is 6.83. The lowest BCUT2D eigenvalue weighted by atomic mass is 10.0. The van der Waals surface area contributed by atoms with Crippen LogP contribution in [0.1, 0.15) is 22.1 Å². The molecule has 0 heterocycles. The van der Waals surface area contributed by atoms with Crippen LogP contribution < -0.4 is 0 Å². The molecule has 1 unspecified atom stereocenters. The second kappa shape index (κ2) is 5.70. The van der Waals surface area contributed by atoms with Crippen molar-refractivity contribution in [1.29, 1.82) is 0 Å². The average molecular weight is 310 g/mol. The molecule has 2 heteroatoms. The van der Waals surface area contributed by atoms with Crippen LogP contribution in [0.3, 0.4) is 0 Å². The number of halogens is 2. The Balaban J connectivity index is 2.08. The molecule has 0 aliphatic heterocycles. The summed E-state index contributed by atoms with van der Waals surface area (Å²) in [6, 6.07) is 16.7. The summed E-state index contributed by atoms with van der Waals surface area (Å²) in [6.45, 7) is 2.09. The minimum absolute atomic E-state index is 0.0332. The Hall–Kier alpha value is -0.790. The lowest BCUT2D eigenvalue weighted by Crippen LogP contribution is -1.95. The molecule has 2 rings (SSSR count). The van der Waals surface area contributed by atoms with Crippen molar-refractivity contribution in [3.63, 3.8) is 0 Å². The van der Waals surface area contributed by atoms with Gasteiger partial charge in [0.05, 0.1) is 5.38 Å². The third kappa shape index (κ3) is 3.58. The zero-order valence-corrected chi connectivity index (χ0v) is 12.0. The molecule has 0 aromatic heterocycles. The Morgan fingerprint density at radius 3 is 2.18 bits per heavy atom. The predicted molar refractivity (Wildman–Crippen MR) is 77.6 cm³/mol. The van der Waals surface area contributed by atoms with E-state index in [1.807, 2.05) is 12.1 Å². The molecule has 1 atom stereocenters. The molecular weight excluding hydrogens is 296 g/mol. The number of rotatable bonds is 3. The Morgan fingerprint density at radius 1 is 1.00 bits per heavy atom. The first kappa shape index (κ1) is 12.7. The fourth-order valence-electron chi connectivity index (χ4n) is 1.72. The SMILES string of the molecule is Cc1ccc(CC(Cl)c2ccc(Br)cc2)cc1. The van der Waals surface area contributed by atoms with Crippen molar-refractivity contribution in [3.05, 3.63) is 69.7 Å². The zero-order chi connectivity index (χ0) is 12.3. The van der Waals surface area contributed by atoms with E-state index in [0.717, 1.165) is 16.5 Å². The zero-order valence-electron chi connectivity index (χ0n) is 9.66. The smallest absolute Gasteiger partial charge is 0.0625 e. The Labute approximate surface area is 116 Å². The molecular formula is C15H14BrCl. The highest BCUT2D eigenvalue weighted by Gasteiger charge is 2.08. The summed E-state index contributed by atoms with van der Waals surface area (Å²) >= 11 is 9.84. The van der Waals surface area contributed by atoms with Gasteiger partial charge in [-0.25, -0.2) is 0 Å². The molecule has 0 N–H and O–H groups in total. The highest BCUT2D eigenvalue weighted by atomic mass is 79.9. The van der Waals surface area contributed by atoms with E-state index in [9.17, 15) is 0 Å². The van der Waals surface area contributed by atoms with Gasteiger partial charge in [-0.05, 0) is 36.6 Å². The molecule has 88 valence electrons. The normalized spacial score (nSPS) is 12.4. The summed E-state index contributed by atoms with van der Waals surface area (Å²) in [7, 11) is 0. The van der Waals surface area contributed by atoms with Crippen molar-refractivity contribution >= 4 is 27.5 Å². The molecule has 0 aliphatic carbocycles. The molecule has 2 aromatic carbocycles. The Kier molecular flexibility index (Phi) is 4.25. The Bertz CT molecular complexity index is 473. The van der Waals surface area contributed by atoms with E-state index in [-0.39, 0.29) is 5.38 Å². The third-order valence-electron chi connectivity index (χ3n) is 2.77. The van der Waals surface area contributed by atoms with E-state index in [1.165, 1.54) is 11.1 Å². The van der Waals surface area contributed by atoms with Gasteiger partial charge in [-0.1, -0.05) is 57.9 Å². The second-order valence-corrected chi connectivity index (χ2v) is 5.65. The Morgan fingerprint density at radius 2 is 1.59 bits per heavy atom. The number of aryl methyl sites for hydroxylation is 1. The first-order chi connectivity index (χ1) is 8.15. The topological polar surface area (TPSA) is 0 Å². The quantitative estimate of drug-likeness (QED) is 0.677. The van der Waals surface area contributed by atoms with Crippen LogP contribution in [0.5, 0.6) is 0 Å². The van der Waals surface area contributed by atoms with E-state index in [4.69, 9.17) is 11.6 Å². The number of hydrogen-bond acceptors (Lipinski definition) is 0. The summed E-state index contributed by atoms with van der Waals surface area (Å²) < 4.78 is 1.08. The van der Waals surface area contributed by atoms with Gasteiger partial charge in [0.15, 0.2) is 0 Å². The van der Waals surface area contributed by atoms with Crippen molar-refractivity contribution in [3.8, 4) is 0 Å². The van der Waals surface area contributed by atoms with E-state index >= 15 is 0 Å². The van der Waals surface area contributed by atoms with Crippen LogP contribution in [0, 0.1) is 6.92 Å². The van der Waals surface area contributed by atoms with Crippen LogP contribution in [0.25, 0.3) is 0 Å². The summed E-state index contributed by atoms with van der Waals surface area (Å²) in [5, 5.41) is 0.0332. The van der Waals surface area contributed by atoms with Crippen LogP contribution >= 0.6 is 27.5 Å². The van der Waals surface area contributed by atoms with Crippen LogP contribution in [0.15, 0.2) is 53.0 Å². The second-order valence-electron chi connectivity index (χ2n) is 4.21. The minimum Gasteiger partial charge on any atom is -0.117 e.